The standard InChI is InChI=1S/C24H22N6/c1-16-3-4-19(13-17(16)2)6-5-18-7-9-20(10-8-18)22-15-30-14-21(24(25)28-29-26)11-12-23(30)27-22/h3-4,7-15,29H,26H2,1-2H3,(H2,25,28). The Hall–Kier alpha value is -4.08. The quantitative estimate of drug-likeness (QED) is 0.164. The van der Waals surface area contributed by atoms with Crippen molar-refractivity contribution in [2.24, 2.45) is 16.7 Å². The zero-order valence-electron chi connectivity index (χ0n) is 16.8. The van der Waals surface area contributed by atoms with Gasteiger partial charge >= 0.3 is 0 Å². The minimum absolute atomic E-state index is 0.307. The Morgan fingerprint density at radius 3 is 2.40 bits per heavy atom. The number of aryl methyl sites for hydroxylation is 2. The minimum atomic E-state index is 0.307. The van der Waals surface area contributed by atoms with E-state index in [0.29, 0.717) is 5.84 Å². The van der Waals surface area contributed by atoms with Gasteiger partial charge in [-0.1, -0.05) is 30.0 Å². The SMILES string of the molecule is Cc1ccc(C#Cc2ccc(-c3cn4cc(/C(N)=N/NN)ccc4n3)cc2)cc1C. The van der Waals surface area contributed by atoms with E-state index < -0.39 is 0 Å². The van der Waals surface area contributed by atoms with Gasteiger partial charge in [-0.05, 0) is 61.4 Å². The summed E-state index contributed by atoms with van der Waals surface area (Å²) >= 11 is 0. The molecule has 0 bridgehead atoms. The molecule has 0 radical (unpaired) electrons. The van der Waals surface area contributed by atoms with Gasteiger partial charge in [0, 0.05) is 34.6 Å². The van der Waals surface area contributed by atoms with Gasteiger partial charge in [0.1, 0.15) is 5.65 Å². The summed E-state index contributed by atoms with van der Waals surface area (Å²) in [5.41, 5.74) is 16.0. The summed E-state index contributed by atoms with van der Waals surface area (Å²) in [4.78, 5) is 4.68. The molecule has 5 N–H and O–H groups in total. The van der Waals surface area contributed by atoms with Gasteiger partial charge in [0.2, 0.25) is 0 Å². The Labute approximate surface area is 175 Å². The average molecular weight is 394 g/mol. The Morgan fingerprint density at radius 2 is 1.67 bits per heavy atom. The summed E-state index contributed by atoms with van der Waals surface area (Å²) in [6, 6.07) is 18.1. The number of hydrazine groups is 1. The van der Waals surface area contributed by atoms with Crippen LogP contribution in [0.15, 0.2) is 72.1 Å². The van der Waals surface area contributed by atoms with Gasteiger partial charge < -0.3 is 10.1 Å². The maximum Gasteiger partial charge on any atom is 0.153 e. The van der Waals surface area contributed by atoms with Crippen molar-refractivity contribution >= 4 is 11.5 Å². The van der Waals surface area contributed by atoms with Crippen molar-refractivity contribution in [3.8, 4) is 23.1 Å². The second-order valence-electron chi connectivity index (χ2n) is 7.06. The number of fused-ring (bicyclic) bond motifs is 1. The first-order valence-electron chi connectivity index (χ1n) is 9.51. The topological polar surface area (TPSA) is 93.7 Å². The van der Waals surface area contributed by atoms with E-state index in [9.17, 15) is 0 Å². The zero-order chi connectivity index (χ0) is 21.1. The number of aromatic nitrogens is 2. The van der Waals surface area contributed by atoms with Crippen LogP contribution in [0.4, 0.5) is 0 Å². The van der Waals surface area contributed by atoms with E-state index in [2.05, 4.69) is 59.5 Å². The van der Waals surface area contributed by atoms with Gasteiger partial charge in [-0.2, -0.15) is 0 Å². The van der Waals surface area contributed by atoms with E-state index >= 15 is 0 Å². The Kier molecular flexibility index (Phi) is 5.21. The summed E-state index contributed by atoms with van der Waals surface area (Å²) in [6.45, 7) is 4.20. The molecule has 6 nitrogen and oxygen atoms in total. The lowest BCUT2D eigenvalue weighted by Crippen LogP contribution is -2.23. The van der Waals surface area contributed by atoms with Crippen LogP contribution in [-0.4, -0.2) is 15.2 Å². The lowest BCUT2D eigenvalue weighted by molar-refractivity contribution is 0.803. The molecule has 4 aromatic rings. The lowest BCUT2D eigenvalue weighted by atomic mass is 10.1. The second kappa shape index (κ2) is 8.11. The van der Waals surface area contributed by atoms with Crippen molar-refractivity contribution in [1.29, 1.82) is 0 Å². The third-order valence-corrected chi connectivity index (χ3v) is 4.97. The van der Waals surface area contributed by atoms with Crippen LogP contribution < -0.4 is 17.1 Å². The lowest BCUT2D eigenvalue weighted by Gasteiger charge is -2.01. The van der Waals surface area contributed by atoms with E-state index in [1.807, 2.05) is 53.2 Å². The smallest absolute Gasteiger partial charge is 0.153 e. The molecule has 2 heterocycles. The van der Waals surface area contributed by atoms with E-state index in [1.54, 1.807) is 0 Å². The number of nitrogens with one attached hydrogen (secondary N) is 1. The number of amidine groups is 1. The molecule has 2 aromatic carbocycles. The highest BCUT2D eigenvalue weighted by Gasteiger charge is 2.06. The molecule has 0 unspecified atom stereocenters. The Bertz CT molecular complexity index is 1300. The van der Waals surface area contributed by atoms with E-state index in [0.717, 1.165) is 33.6 Å². The van der Waals surface area contributed by atoms with Gasteiger partial charge in [-0.25, -0.2) is 16.4 Å². The molecule has 0 spiro atoms. The fourth-order valence-corrected chi connectivity index (χ4v) is 3.10. The molecule has 30 heavy (non-hydrogen) atoms. The molecular formula is C24H22N6. The molecule has 0 amide bonds. The van der Waals surface area contributed by atoms with Crippen LogP contribution in [0.1, 0.15) is 27.8 Å². The number of rotatable bonds is 3. The third kappa shape index (κ3) is 4.02. The Morgan fingerprint density at radius 1 is 0.933 bits per heavy atom. The molecule has 0 aliphatic rings. The monoisotopic (exact) mass is 394 g/mol. The molecule has 6 heteroatoms. The largest absolute Gasteiger partial charge is 0.382 e. The van der Waals surface area contributed by atoms with Gasteiger partial charge in [0.25, 0.3) is 0 Å². The number of nitrogens with zero attached hydrogens (tertiary/aromatic N) is 3. The van der Waals surface area contributed by atoms with Crippen molar-refractivity contribution in [2.45, 2.75) is 13.8 Å². The number of imidazole rings is 1. The summed E-state index contributed by atoms with van der Waals surface area (Å²) in [6.07, 6.45) is 3.82. The first-order valence-corrected chi connectivity index (χ1v) is 9.51. The molecule has 0 fully saturated rings. The van der Waals surface area contributed by atoms with Gasteiger partial charge in [0.05, 0.1) is 5.69 Å². The summed E-state index contributed by atoms with van der Waals surface area (Å²) < 4.78 is 1.91. The van der Waals surface area contributed by atoms with Crippen LogP contribution >= 0.6 is 0 Å². The molecule has 148 valence electrons. The molecular weight excluding hydrogens is 372 g/mol. The van der Waals surface area contributed by atoms with Crippen LogP contribution in [0.2, 0.25) is 0 Å². The predicted octanol–water partition coefficient (Wildman–Crippen LogP) is 3.10. The normalized spacial score (nSPS) is 11.2. The minimum Gasteiger partial charge on any atom is -0.382 e. The molecule has 0 aliphatic carbocycles. The third-order valence-electron chi connectivity index (χ3n) is 4.97. The Balaban J connectivity index is 1.58. The van der Waals surface area contributed by atoms with Crippen molar-refractivity contribution in [1.82, 2.24) is 14.9 Å². The van der Waals surface area contributed by atoms with Crippen LogP contribution in [0.25, 0.3) is 16.9 Å². The number of hydrogen-bond donors (Lipinski definition) is 3. The maximum absolute atomic E-state index is 5.88. The fraction of sp³-hybridized carbons (Fsp3) is 0.0833. The highest BCUT2D eigenvalue weighted by atomic mass is 15.5. The molecule has 0 aliphatic heterocycles. The summed E-state index contributed by atoms with van der Waals surface area (Å²) in [5, 5.41) is 3.80. The summed E-state index contributed by atoms with van der Waals surface area (Å²) in [7, 11) is 0. The molecule has 4 rings (SSSR count). The fourth-order valence-electron chi connectivity index (χ4n) is 3.10. The number of benzene rings is 2. The number of nitrogens with two attached hydrogens (primary N) is 2. The van der Waals surface area contributed by atoms with Gasteiger partial charge in [-0.3, -0.25) is 0 Å². The number of hydrogen-bond acceptors (Lipinski definition) is 4. The summed E-state index contributed by atoms with van der Waals surface area (Å²) in [5.74, 6) is 12.0. The zero-order valence-corrected chi connectivity index (χ0v) is 16.8. The molecule has 0 saturated carbocycles. The van der Waals surface area contributed by atoms with Crippen LogP contribution in [0.5, 0.6) is 0 Å². The van der Waals surface area contributed by atoms with Crippen molar-refractivity contribution < 1.29 is 0 Å². The first-order chi connectivity index (χ1) is 14.5. The highest BCUT2D eigenvalue weighted by Crippen LogP contribution is 2.20. The van der Waals surface area contributed by atoms with Crippen LogP contribution in [0, 0.1) is 25.7 Å². The van der Waals surface area contributed by atoms with E-state index in [4.69, 9.17) is 11.6 Å². The van der Waals surface area contributed by atoms with E-state index in [-0.39, 0.29) is 0 Å². The van der Waals surface area contributed by atoms with E-state index in [1.165, 1.54) is 11.1 Å². The highest BCUT2D eigenvalue weighted by molar-refractivity contribution is 5.97. The maximum atomic E-state index is 5.88. The number of hydrazone groups is 1. The van der Waals surface area contributed by atoms with Crippen LogP contribution in [-0.2, 0) is 0 Å². The molecule has 2 aromatic heterocycles. The first kappa shape index (κ1) is 19.2. The average Bonchev–Trinajstić information content (AvgIpc) is 3.18. The van der Waals surface area contributed by atoms with Crippen molar-refractivity contribution in [3.05, 3.63) is 94.8 Å². The molecule has 0 atom stereocenters. The van der Waals surface area contributed by atoms with Gasteiger partial charge in [0.15, 0.2) is 5.84 Å². The predicted molar refractivity (Wildman–Crippen MR) is 121 cm³/mol. The van der Waals surface area contributed by atoms with Crippen molar-refractivity contribution in [2.75, 3.05) is 0 Å². The second-order valence-corrected chi connectivity index (χ2v) is 7.06. The molecule has 0 saturated heterocycles. The van der Waals surface area contributed by atoms with Crippen LogP contribution in [0.3, 0.4) is 0 Å². The van der Waals surface area contributed by atoms with Crippen molar-refractivity contribution in [3.63, 3.8) is 0 Å². The van der Waals surface area contributed by atoms with Gasteiger partial charge in [-0.15, -0.1) is 5.10 Å². The number of pyridine rings is 1.